The normalized spacial score (nSPS) is 55.2. The lowest BCUT2D eigenvalue weighted by Gasteiger charge is -2.57. The Bertz CT molecular complexity index is 2020. The van der Waals surface area contributed by atoms with Gasteiger partial charge in [-0.15, -0.1) is 0 Å². The molecule has 12 heterocycles. The molecule has 0 aromatic carbocycles. The molecule has 16 bridgehead atoms. The molecular weight excluding hydrogens is 1100 g/mol. The van der Waals surface area contributed by atoms with Crippen LogP contribution in [0.1, 0.15) is 64.7 Å². The number of aliphatic hydroxyl groups is 15. The minimum atomic E-state index is -2.06. The zero-order valence-corrected chi connectivity index (χ0v) is 45.8. The van der Waals surface area contributed by atoms with E-state index in [1.807, 2.05) is 0 Å². The number of rotatable bonds is 7. The van der Waals surface area contributed by atoms with Gasteiger partial charge in [0.05, 0.1) is 32.5 Å². The van der Waals surface area contributed by atoms with Crippen molar-refractivity contribution in [3.63, 3.8) is 0 Å². The molecule has 4 saturated carbocycles. The molecule has 4 aliphatic carbocycles. The summed E-state index contributed by atoms with van der Waals surface area (Å²) in [5, 5.41) is 176. The van der Waals surface area contributed by atoms with Gasteiger partial charge < -0.3 is 144 Å². The molecule has 16 N–H and O–H groups in total. The lowest BCUT2D eigenvalue weighted by molar-refractivity contribution is -0.401. The van der Waals surface area contributed by atoms with Crippen LogP contribution in [0.15, 0.2) is 0 Å². The molecule has 82 heavy (non-hydrogen) atoms. The zero-order valence-electron chi connectivity index (χ0n) is 45.8. The van der Waals surface area contributed by atoms with Crippen LogP contribution in [0.2, 0.25) is 0 Å². The Morgan fingerprint density at radius 3 is 1.20 bits per heavy atom. The SMILES string of the molecule is CC1C(O)[C@@H]2O[C@H](CO)[C@H]1O[C@H]1O[C@H](CO)[C@@H](O[C@H]3O[C@@H]4CN(CCC56CC7CC(CC(C7)C5)C6)CCCCNC[C@H]5O[C@H](O[C@H]6C(O)C(O)[C@H](O[C@@H]6CO)O[C@H]6C(O)C(O)[C@H](O[C@@H]6CO)O[C@H]4C(O)C3O)C(O)C(O)[C@@H]5O2)C(O)C1O. The fraction of sp³-hybridized carbons (Fsp3) is 1.00. The second kappa shape index (κ2) is 26.1. The van der Waals surface area contributed by atoms with Gasteiger partial charge in [0.15, 0.2) is 37.7 Å². The monoisotopic (exact) mass is 1180 g/mol. The van der Waals surface area contributed by atoms with Crippen LogP contribution in [0.5, 0.6) is 0 Å². The number of nitrogens with zero attached hydrogens (tertiary/aromatic N) is 1. The van der Waals surface area contributed by atoms with E-state index in [-0.39, 0.29) is 18.5 Å². The Labute approximate surface area is 473 Å². The van der Waals surface area contributed by atoms with Crippen molar-refractivity contribution in [3.8, 4) is 0 Å². The maximum atomic E-state index is 12.3. The highest BCUT2D eigenvalue weighted by Gasteiger charge is 2.59. The first-order valence-electron chi connectivity index (χ1n) is 29.5. The van der Waals surface area contributed by atoms with Crippen molar-refractivity contribution in [3.05, 3.63) is 0 Å². The Morgan fingerprint density at radius 2 is 0.756 bits per heavy atom. The first-order chi connectivity index (χ1) is 39.3. The van der Waals surface area contributed by atoms with Crippen LogP contribution in [0, 0.1) is 29.1 Å². The largest absolute Gasteiger partial charge is 0.394 e. The number of nitrogens with one attached hydrogen (secondary N) is 1. The molecule has 0 radical (unpaired) electrons. The smallest absolute Gasteiger partial charge is 0.187 e. The lowest BCUT2D eigenvalue weighted by Crippen LogP contribution is -2.69. The first kappa shape index (κ1) is 62.4. The molecule has 16 rings (SSSR count). The first-order valence-corrected chi connectivity index (χ1v) is 29.5. The van der Waals surface area contributed by atoms with Gasteiger partial charge in [0.1, 0.15) is 134 Å². The van der Waals surface area contributed by atoms with Crippen molar-refractivity contribution >= 4 is 0 Å². The van der Waals surface area contributed by atoms with E-state index < -0.39 is 210 Å². The van der Waals surface area contributed by atoms with Gasteiger partial charge in [0.2, 0.25) is 0 Å². The summed E-state index contributed by atoms with van der Waals surface area (Å²) in [7, 11) is 0. The Morgan fingerprint density at radius 1 is 0.402 bits per heavy atom. The maximum absolute atomic E-state index is 12.3. The van der Waals surface area contributed by atoms with Gasteiger partial charge in [-0.2, -0.15) is 0 Å². The summed E-state index contributed by atoms with van der Waals surface area (Å²) in [6.07, 6.45) is -41.7. The van der Waals surface area contributed by atoms with E-state index in [0.717, 1.165) is 25.7 Å². The molecule has 30 atom stereocenters. The molecule has 0 spiro atoms. The van der Waals surface area contributed by atoms with Gasteiger partial charge in [-0.05, 0) is 101 Å². The van der Waals surface area contributed by atoms with Crippen LogP contribution in [0.25, 0.3) is 0 Å². The van der Waals surface area contributed by atoms with E-state index >= 15 is 0 Å². The molecule has 29 heteroatoms. The van der Waals surface area contributed by atoms with Crippen LogP contribution in [0.3, 0.4) is 0 Å². The Balaban J connectivity index is 0.969. The molecule has 472 valence electrons. The summed E-state index contributed by atoms with van der Waals surface area (Å²) in [5.74, 6) is 0.941. The average molecular weight is 1190 g/mol. The standard InChI is InChI=1S/C53H88N2O27/c1-20-30(60)47-73-26(16-56)41(20)77-50-38(68)33(63)45(27(17-57)74-50)81-49-37(67)32(62)43-25(72-49)15-55(7-4-53-11-21-8-22(12-53)10-23(9-21)13-53)6-3-2-5-54-14-24-42(78-47)31(61)36(66)48(71-24)80-44-28(18-58)76-52(40(70)35(44)65)82-46-29(19-59)75-51(79-43)39(69)34(46)64/h20-52,54,56-70H,2-19H2,1H3/t20?,21?,22?,23?,24-,25-,26-,27-,28-,29-,30?,31?,32?,33?,34?,35?,36?,37?,38?,39?,40?,41+,42-,43-,44-,45-,46-,47-,48-,49-,50-,51-,52-,53?/m1/s1. The lowest BCUT2D eigenvalue weighted by atomic mass is 9.49. The summed E-state index contributed by atoms with van der Waals surface area (Å²) in [4.78, 5) is 2.15. The van der Waals surface area contributed by atoms with Gasteiger partial charge in [-0.3, -0.25) is 0 Å². The fourth-order valence-corrected chi connectivity index (χ4v) is 15.6. The van der Waals surface area contributed by atoms with Crippen LogP contribution < -0.4 is 5.32 Å². The molecule has 0 aromatic rings. The van der Waals surface area contributed by atoms with Gasteiger partial charge in [-0.25, -0.2) is 0 Å². The molecule has 12 aliphatic heterocycles. The second-order valence-corrected chi connectivity index (χ2v) is 25.2. The molecule has 12 saturated heterocycles. The number of ether oxygens (including phenoxy) is 12. The van der Waals surface area contributed by atoms with Crippen LogP contribution in [0.4, 0.5) is 0 Å². The third-order valence-corrected chi connectivity index (χ3v) is 19.7. The number of aliphatic hydroxyl groups excluding tert-OH is 15. The molecular formula is C53H88N2O27. The van der Waals surface area contributed by atoms with Crippen molar-refractivity contribution < 1.29 is 133 Å². The highest BCUT2D eigenvalue weighted by atomic mass is 16.8. The quantitative estimate of drug-likeness (QED) is 0.113. The highest BCUT2D eigenvalue weighted by Crippen LogP contribution is 2.61. The number of hydrogen-bond acceptors (Lipinski definition) is 29. The predicted molar refractivity (Wildman–Crippen MR) is 269 cm³/mol. The van der Waals surface area contributed by atoms with E-state index in [2.05, 4.69) is 10.2 Å². The van der Waals surface area contributed by atoms with E-state index in [0.29, 0.717) is 50.2 Å². The van der Waals surface area contributed by atoms with Gasteiger partial charge in [0.25, 0.3) is 0 Å². The van der Waals surface area contributed by atoms with Gasteiger partial charge in [0, 0.05) is 19.0 Å². The third kappa shape index (κ3) is 12.3. The van der Waals surface area contributed by atoms with Crippen molar-refractivity contribution in [1.82, 2.24) is 10.2 Å². The predicted octanol–water partition coefficient (Wildman–Crippen LogP) is -7.47. The van der Waals surface area contributed by atoms with E-state index in [1.54, 1.807) is 0 Å². The summed E-state index contributed by atoms with van der Waals surface area (Å²) in [6.45, 7) is -0.735. The van der Waals surface area contributed by atoms with Gasteiger partial charge >= 0.3 is 0 Å². The minimum absolute atomic E-state index is 0.0101. The molecule has 16 fully saturated rings. The molecule has 16 aliphatic rings. The molecule has 0 amide bonds. The maximum Gasteiger partial charge on any atom is 0.187 e. The van der Waals surface area contributed by atoms with Crippen LogP contribution >= 0.6 is 0 Å². The Kier molecular flexibility index (Phi) is 19.9. The van der Waals surface area contributed by atoms with Crippen molar-refractivity contribution in [2.75, 3.05) is 59.2 Å². The van der Waals surface area contributed by atoms with E-state index in [4.69, 9.17) is 56.8 Å². The summed E-state index contributed by atoms with van der Waals surface area (Å²) < 4.78 is 74.0. The van der Waals surface area contributed by atoms with Gasteiger partial charge in [-0.1, -0.05) is 6.92 Å². The summed E-state index contributed by atoms with van der Waals surface area (Å²) >= 11 is 0. The fourth-order valence-electron chi connectivity index (χ4n) is 15.6. The van der Waals surface area contributed by atoms with Crippen molar-refractivity contribution in [1.29, 1.82) is 0 Å². The molecule has 0 aromatic heterocycles. The van der Waals surface area contributed by atoms with E-state index in [1.165, 1.54) is 26.2 Å². The van der Waals surface area contributed by atoms with Crippen molar-refractivity contribution in [2.45, 2.75) is 243 Å². The molecule has 12 unspecified atom stereocenters. The highest BCUT2D eigenvalue weighted by molar-refractivity contribution is 5.04. The minimum Gasteiger partial charge on any atom is -0.394 e. The summed E-state index contributed by atoms with van der Waals surface area (Å²) in [5.41, 5.74) is 0.112. The number of hydrogen-bond donors (Lipinski definition) is 16. The van der Waals surface area contributed by atoms with E-state index in [9.17, 15) is 76.6 Å². The molecule has 29 nitrogen and oxygen atoms in total. The van der Waals surface area contributed by atoms with Crippen molar-refractivity contribution in [2.24, 2.45) is 29.1 Å². The zero-order chi connectivity index (χ0) is 58.1. The van der Waals surface area contributed by atoms with Crippen LogP contribution in [-0.2, 0) is 56.8 Å². The van der Waals surface area contributed by atoms with Crippen LogP contribution in [-0.4, -0.2) is 319 Å². The second-order valence-electron chi connectivity index (χ2n) is 25.2. The topological polar surface area (TPSA) is 429 Å². The third-order valence-electron chi connectivity index (χ3n) is 19.7. The average Bonchev–Trinajstić information content (AvgIpc) is 3.45. The number of fused-ring (bicyclic) bond motifs is 4. The Hall–Kier alpha value is -1.16. The summed E-state index contributed by atoms with van der Waals surface area (Å²) in [6, 6.07) is 0.